The van der Waals surface area contributed by atoms with Crippen molar-refractivity contribution in [2.75, 3.05) is 19.6 Å². The van der Waals surface area contributed by atoms with Crippen molar-refractivity contribution in [1.29, 1.82) is 0 Å². The third kappa shape index (κ3) is 6.68. The van der Waals surface area contributed by atoms with E-state index in [9.17, 15) is 23.2 Å². The van der Waals surface area contributed by atoms with Gasteiger partial charge in [0.15, 0.2) is 5.76 Å². The standard InChI is InChI=1S/C19H22F2N4O4/c1-3-25(4-2)11-15-5-6-16(29-15)19(28)24-23-17(26)10-22-18(27)12-7-13(20)9-14(21)8-12/h5-9H,3-4,10-11H2,1-2H3,(H,22,27)(H,23,26)(H,24,28). The molecule has 0 aliphatic rings. The summed E-state index contributed by atoms with van der Waals surface area (Å²) in [6, 6.07) is 5.46. The molecule has 3 amide bonds. The van der Waals surface area contributed by atoms with Gasteiger partial charge in [0, 0.05) is 11.6 Å². The van der Waals surface area contributed by atoms with E-state index in [1.165, 1.54) is 6.07 Å². The molecular weight excluding hydrogens is 386 g/mol. The molecule has 0 spiro atoms. The summed E-state index contributed by atoms with van der Waals surface area (Å²) in [6.07, 6.45) is 0. The monoisotopic (exact) mass is 408 g/mol. The summed E-state index contributed by atoms with van der Waals surface area (Å²) in [6.45, 7) is 5.74. The van der Waals surface area contributed by atoms with E-state index in [-0.39, 0.29) is 11.3 Å². The van der Waals surface area contributed by atoms with Crippen molar-refractivity contribution in [3.05, 3.63) is 59.1 Å². The Morgan fingerprint density at radius 1 is 0.966 bits per heavy atom. The molecule has 156 valence electrons. The van der Waals surface area contributed by atoms with E-state index in [0.717, 1.165) is 25.2 Å². The predicted molar refractivity (Wildman–Crippen MR) is 99.6 cm³/mol. The molecule has 0 saturated heterocycles. The zero-order valence-corrected chi connectivity index (χ0v) is 16.1. The minimum Gasteiger partial charge on any atom is -0.454 e. The van der Waals surface area contributed by atoms with Gasteiger partial charge in [0.25, 0.3) is 11.8 Å². The molecule has 0 unspecified atom stereocenters. The Balaban J connectivity index is 1.79. The average Bonchev–Trinajstić information content (AvgIpc) is 3.16. The summed E-state index contributed by atoms with van der Waals surface area (Å²) in [4.78, 5) is 37.7. The fourth-order valence-corrected chi connectivity index (χ4v) is 2.43. The number of carbonyl (C=O) groups is 3. The molecule has 2 aromatic rings. The summed E-state index contributed by atoms with van der Waals surface area (Å²) < 4.78 is 31.7. The summed E-state index contributed by atoms with van der Waals surface area (Å²) in [5.74, 6) is -3.43. The van der Waals surface area contributed by atoms with Crippen LogP contribution in [0.15, 0.2) is 34.7 Å². The second kappa shape index (κ2) is 10.3. The maximum atomic E-state index is 13.1. The van der Waals surface area contributed by atoms with Gasteiger partial charge in [0.1, 0.15) is 17.4 Å². The van der Waals surface area contributed by atoms with Crippen LogP contribution < -0.4 is 16.2 Å². The molecule has 0 bridgehead atoms. The summed E-state index contributed by atoms with van der Waals surface area (Å²) >= 11 is 0. The zero-order chi connectivity index (χ0) is 21.4. The number of rotatable bonds is 8. The number of hydrogen-bond acceptors (Lipinski definition) is 5. The van der Waals surface area contributed by atoms with Crippen molar-refractivity contribution < 1.29 is 27.6 Å². The van der Waals surface area contributed by atoms with Gasteiger partial charge in [-0.25, -0.2) is 8.78 Å². The molecule has 0 aliphatic heterocycles. The molecule has 1 aromatic heterocycles. The topological polar surface area (TPSA) is 104 Å². The van der Waals surface area contributed by atoms with E-state index in [1.807, 2.05) is 13.8 Å². The number of carbonyl (C=O) groups excluding carboxylic acids is 3. The zero-order valence-electron chi connectivity index (χ0n) is 16.1. The Kier molecular flexibility index (Phi) is 7.84. The normalized spacial score (nSPS) is 10.7. The first-order valence-electron chi connectivity index (χ1n) is 8.96. The lowest BCUT2D eigenvalue weighted by Crippen LogP contribution is -2.46. The lowest BCUT2D eigenvalue weighted by molar-refractivity contribution is -0.120. The molecule has 8 nitrogen and oxygen atoms in total. The third-order valence-corrected chi connectivity index (χ3v) is 4.01. The highest BCUT2D eigenvalue weighted by Gasteiger charge is 2.14. The highest BCUT2D eigenvalue weighted by molar-refractivity contribution is 5.97. The molecule has 0 saturated carbocycles. The van der Waals surface area contributed by atoms with Gasteiger partial charge in [0.05, 0.1) is 13.1 Å². The fraction of sp³-hybridized carbons (Fsp3) is 0.316. The molecule has 29 heavy (non-hydrogen) atoms. The van der Waals surface area contributed by atoms with Crippen LogP contribution in [0.4, 0.5) is 8.78 Å². The summed E-state index contributed by atoms with van der Waals surface area (Å²) in [5.41, 5.74) is 4.00. The van der Waals surface area contributed by atoms with Gasteiger partial charge >= 0.3 is 5.91 Å². The molecule has 0 atom stereocenters. The lowest BCUT2D eigenvalue weighted by atomic mass is 10.2. The number of amides is 3. The Hall–Kier alpha value is -3.27. The van der Waals surface area contributed by atoms with E-state index < -0.39 is 35.9 Å². The van der Waals surface area contributed by atoms with E-state index in [4.69, 9.17) is 4.42 Å². The van der Waals surface area contributed by atoms with E-state index in [0.29, 0.717) is 18.4 Å². The Morgan fingerprint density at radius 2 is 1.62 bits per heavy atom. The minimum atomic E-state index is -0.911. The maximum Gasteiger partial charge on any atom is 0.305 e. The van der Waals surface area contributed by atoms with Crippen molar-refractivity contribution >= 4 is 17.7 Å². The van der Waals surface area contributed by atoms with E-state index in [2.05, 4.69) is 21.1 Å². The van der Waals surface area contributed by atoms with Crippen LogP contribution in [0, 0.1) is 11.6 Å². The highest BCUT2D eigenvalue weighted by atomic mass is 19.1. The van der Waals surface area contributed by atoms with Gasteiger partial charge in [-0.1, -0.05) is 13.8 Å². The minimum absolute atomic E-state index is 0.0201. The predicted octanol–water partition coefficient (Wildman–Crippen LogP) is 1.59. The van der Waals surface area contributed by atoms with Crippen LogP contribution in [-0.4, -0.2) is 42.3 Å². The SMILES string of the molecule is CCN(CC)Cc1ccc(C(=O)NNC(=O)CNC(=O)c2cc(F)cc(F)c2)o1. The molecule has 1 aromatic carbocycles. The molecule has 0 radical (unpaired) electrons. The van der Waals surface area contributed by atoms with Crippen molar-refractivity contribution in [3.8, 4) is 0 Å². The molecule has 10 heteroatoms. The maximum absolute atomic E-state index is 13.1. The summed E-state index contributed by atoms with van der Waals surface area (Å²) in [7, 11) is 0. The van der Waals surface area contributed by atoms with Gasteiger partial charge in [0.2, 0.25) is 0 Å². The quantitative estimate of drug-likeness (QED) is 0.576. The number of nitrogens with zero attached hydrogens (tertiary/aromatic N) is 1. The van der Waals surface area contributed by atoms with Crippen LogP contribution in [0.25, 0.3) is 0 Å². The number of hydrogen-bond donors (Lipinski definition) is 3. The van der Waals surface area contributed by atoms with Gasteiger partial charge in [-0.15, -0.1) is 0 Å². The molecule has 0 aliphatic carbocycles. The van der Waals surface area contributed by atoms with Crippen LogP contribution in [0.3, 0.4) is 0 Å². The van der Waals surface area contributed by atoms with Crippen LogP contribution in [0.2, 0.25) is 0 Å². The molecule has 2 rings (SSSR count). The van der Waals surface area contributed by atoms with Gasteiger partial charge in [-0.05, 0) is 37.4 Å². The van der Waals surface area contributed by atoms with Crippen LogP contribution >= 0.6 is 0 Å². The van der Waals surface area contributed by atoms with Gasteiger partial charge in [-0.2, -0.15) is 0 Å². The second-order valence-electron chi connectivity index (χ2n) is 6.07. The first-order chi connectivity index (χ1) is 13.8. The first-order valence-corrected chi connectivity index (χ1v) is 8.96. The second-order valence-corrected chi connectivity index (χ2v) is 6.07. The molecular formula is C19H22F2N4O4. The number of halogens is 2. The Morgan fingerprint density at radius 3 is 2.24 bits per heavy atom. The third-order valence-electron chi connectivity index (χ3n) is 4.01. The van der Waals surface area contributed by atoms with Gasteiger partial charge in [-0.3, -0.25) is 30.1 Å². The largest absolute Gasteiger partial charge is 0.454 e. The van der Waals surface area contributed by atoms with Crippen molar-refractivity contribution in [3.63, 3.8) is 0 Å². The van der Waals surface area contributed by atoms with Crippen molar-refractivity contribution in [1.82, 2.24) is 21.1 Å². The van der Waals surface area contributed by atoms with Crippen molar-refractivity contribution in [2.45, 2.75) is 20.4 Å². The number of nitrogens with one attached hydrogen (secondary N) is 3. The van der Waals surface area contributed by atoms with E-state index in [1.54, 1.807) is 6.07 Å². The number of furan rings is 1. The number of benzene rings is 1. The lowest BCUT2D eigenvalue weighted by Gasteiger charge is -2.15. The van der Waals surface area contributed by atoms with Gasteiger partial charge < -0.3 is 9.73 Å². The van der Waals surface area contributed by atoms with Crippen molar-refractivity contribution in [2.24, 2.45) is 0 Å². The average molecular weight is 408 g/mol. The fourth-order valence-electron chi connectivity index (χ4n) is 2.43. The van der Waals surface area contributed by atoms with E-state index >= 15 is 0 Å². The van der Waals surface area contributed by atoms with Crippen LogP contribution in [0.1, 0.15) is 40.5 Å². The molecule has 3 N–H and O–H groups in total. The molecule has 0 fully saturated rings. The van der Waals surface area contributed by atoms with Crippen LogP contribution in [-0.2, 0) is 11.3 Å². The summed E-state index contributed by atoms with van der Waals surface area (Å²) in [5, 5.41) is 2.19. The van der Waals surface area contributed by atoms with Crippen LogP contribution in [0.5, 0.6) is 0 Å². The molecule has 1 heterocycles. The highest BCUT2D eigenvalue weighted by Crippen LogP contribution is 2.10. The Bertz CT molecular complexity index is 861. The Labute approximate surface area is 166 Å². The first kappa shape index (κ1) is 22.0. The smallest absolute Gasteiger partial charge is 0.305 e. The number of hydrazine groups is 1.